The first-order valence-electron chi connectivity index (χ1n) is 6.64. The van der Waals surface area contributed by atoms with Gasteiger partial charge < -0.3 is 15.2 Å². The zero-order chi connectivity index (χ0) is 13.0. The number of nitrogens with one attached hydrogen (secondary N) is 2. The van der Waals surface area contributed by atoms with Gasteiger partial charge in [0.05, 0.1) is 6.33 Å². The van der Waals surface area contributed by atoms with Crippen LogP contribution in [0.4, 0.5) is 0 Å². The van der Waals surface area contributed by atoms with Crippen LogP contribution < -0.4 is 10.6 Å². The summed E-state index contributed by atoms with van der Waals surface area (Å²) in [6.45, 7) is 7.37. The normalized spacial score (nSPS) is 23.2. The van der Waals surface area contributed by atoms with Gasteiger partial charge in [0.1, 0.15) is 6.54 Å². The molecule has 1 fully saturated rings. The Balaban J connectivity index is 2.06. The van der Waals surface area contributed by atoms with Crippen molar-refractivity contribution in [2.24, 2.45) is 0 Å². The molecule has 0 bridgehead atoms. The molecular formula is C13H22N4O. The standard InChI is InChI=1S/C13H22N4O/c1-3-5-16-12(18)8-17-10-15-7-11(17)13(2)4-6-14-9-13/h7,10,14H,3-6,8-9H2,1-2H3,(H,16,18). The summed E-state index contributed by atoms with van der Waals surface area (Å²) in [5, 5.41) is 6.27. The van der Waals surface area contributed by atoms with Crippen LogP contribution in [-0.2, 0) is 16.8 Å². The van der Waals surface area contributed by atoms with Crippen molar-refractivity contribution < 1.29 is 4.79 Å². The van der Waals surface area contributed by atoms with Crippen molar-refractivity contribution in [1.29, 1.82) is 0 Å². The van der Waals surface area contributed by atoms with E-state index in [9.17, 15) is 4.79 Å². The molecule has 5 heteroatoms. The summed E-state index contributed by atoms with van der Waals surface area (Å²) >= 11 is 0. The quantitative estimate of drug-likeness (QED) is 0.807. The van der Waals surface area contributed by atoms with Crippen LogP contribution in [-0.4, -0.2) is 35.1 Å². The van der Waals surface area contributed by atoms with E-state index in [1.54, 1.807) is 6.33 Å². The van der Waals surface area contributed by atoms with E-state index in [-0.39, 0.29) is 11.3 Å². The second-order valence-corrected chi connectivity index (χ2v) is 5.24. The van der Waals surface area contributed by atoms with Crippen molar-refractivity contribution in [3.63, 3.8) is 0 Å². The first-order valence-corrected chi connectivity index (χ1v) is 6.64. The van der Waals surface area contributed by atoms with Gasteiger partial charge in [-0.1, -0.05) is 13.8 Å². The summed E-state index contributed by atoms with van der Waals surface area (Å²) in [5.74, 6) is 0.0608. The number of hydrogen-bond acceptors (Lipinski definition) is 3. The maximum atomic E-state index is 11.8. The van der Waals surface area contributed by atoms with E-state index in [2.05, 4.69) is 22.5 Å². The van der Waals surface area contributed by atoms with E-state index in [1.807, 2.05) is 17.7 Å². The highest BCUT2D eigenvalue weighted by Crippen LogP contribution is 2.29. The number of carbonyl (C=O) groups excluding carboxylic acids is 1. The third-order valence-corrected chi connectivity index (χ3v) is 3.59. The summed E-state index contributed by atoms with van der Waals surface area (Å²) in [5.41, 5.74) is 1.25. The molecule has 0 saturated carbocycles. The van der Waals surface area contributed by atoms with Crippen LogP contribution in [0.3, 0.4) is 0 Å². The number of nitrogens with zero attached hydrogens (tertiary/aromatic N) is 2. The van der Waals surface area contributed by atoms with Gasteiger partial charge in [0.2, 0.25) is 5.91 Å². The molecule has 0 aliphatic carbocycles. The molecule has 1 unspecified atom stereocenters. The first-order chi connectivity index (χ1) is 8.65. The fraction of sp³-hybridized carbons (Fsp3) is 0.692. The number of hydrogen-bond donors (Lipinski definition) is 2. The summed E-state index contributed by atoms with van der Waals surface area (Å²) in [6, 6.07) is 0. The van der Waals surface area contributed by atoms with Crippen LogP contribution >= 0.6 is 0 Å². The van der Waals surface area contributed by atoms with E-state index < -0.39 is 0 Å². The molecule has 2 rings (SSSR count). The molecule has 1 amide bonds. The van der Waals surface area contributed by atoms with Crippen LogP contribution in [0, 0.1) is 0 Å². The summed E-state index contributed by atoms with van der Waals surface area (Å²) in [6.07, 6.45) is 5.70. The molecule has 1 aliphatic heterocycles. The van der Waals surface area contributed by atoms with E-state index in [0.717, 1.165) is 38.2 Å². The van der Waals surface area contributed by atoms with Crippen molar-refractivity contribution in [3.05, 3.63) is 18.2 Å². The first kappa shape index (κ1) is 13.1. The van der Waals surface area contributed by atoms with Gasteiger partial charge in [-0.2, -0.15) is 0 Å². The Morgan fingerprint density at radius 3 is 3.17 bits per heavy atom. The van der Waals surface area contributed by atoms with E-state index in [0.29, 0.717) is 6.54 Å². The molecule has 100 valence electrons. The lowest BCUT2D eigenvalue weighted by Crippen LogP contribution is -2.32. The average Bonchev–Trinajstić information content (AvgIpc) is 2.96. The fourth-order valence-corrected chi connectivity index (χ4v) is 2.46. The highest BCUT2D eigenvalue weighted by molar-refractivity contribution is 5.75. The Kier molecular flexibility index (Phi) is 4.01. The molecule has 0 radical (unpaired) electrons. The average molecular weight is 250 g/mol. The van der Waals surface area contributed by atoms with E-state index in [1.165, 1.54) is 0 Å². The lowest BCUT2D eigenvalue weighted by Gasteiger charge is -2.24. The second kappa shape index (κ2) is 5.52. The fourth-order valence-electron chi connectivity index (χ4n) is 2.46. The molecule has 1 aliphatic rings. The minimum absolute atomic E-state index is 0.0608. The molecule has 2 heterocycles. The number of aromatic nitrogens is 2. The van der Waals surface area contributed by atoms with Crippen LogP contribution in [0.15, 0.2) is 12.5 Å². The van der Waals surface area contributed by atoms with Gasteiger partial charge in [0, 0.05) is 30.4 Å². The molecule has 5 nitrogen and oxygen atoms in total. The van der Waals surface area contributed by atoms with Crippen molar-refractivity contribution in [3.8, 4) is 0 Å². The molecule has 2 N–H and O–H groups in total. The molecule has 1 aromatic rings. The van der Waals surface area contributed by atoms with E-state index in [4.69, 9.17) is 0 Å². The van der Waals surface area contributed by atoms with Gasteiger partial charge in [0.25, 0.3) is 0 Å². The monoisotopic (exact) mass is 250 g/mol. The lowest BCUT2D eigenvalue weighted by atomic mass is 9.86. The number of amides is 1. The lowest BCUT2D eigenvalue weighted by molar-refractivity contribution is -0.121. The van der Waals surface area contributed by atoms with Gasteiger partial charge in [-0.3, -0.25) is 4.79 Å². The van der Waals surface area contributed by atoms with Crippen molar-refractivity contribution >= 4 is 5.91 Å². The largest absolute Gasteiger partial charge is 0.355 e. The van der Waals surface area contributed by atoms with Crippen molar-refractivity contribution in [2.45, 2.75) is 38.6 Å². The molecular weight excluding hydrogens is 228 g/mol. The van der Waals surface area contributed by atoms with E-state index >= 15 is 0 Å². The minimum Gasteiger partial charge on any atom is -0.355 e. The van der Waals surface area contributed by atoms with Crippen LogP contribution in [0.5, 0.6) is 0 Å². The zero-order valence-corrected chi connectivity index (χ0v) is 11.2. The third kappa shape index (κ3) is 2.72. The number of carbonyl (C=O) groups is 1. The molecule has 18 heavy (non-hydrogen) atoms. The van der Waals surface area contributed by atoms with Gasteiger partial charge in [-0.05, 0) is 19.4 Å². The Morgan fingerprint density at radius 1 is 1.67 bits per heavy atom. The SMILES string of the molecule is CCCNC(=O)Cn1cncc1C1(C)CCNC1. The van der Waals surface area contributed by atoms with Gasteiger partial charge in [-0.15, -0.1) is 0 Å². The van der Waals surface area contributed by atoms with Crippen molar-refractivity contribution in [1.82, 2.24) is 20.2 Å². The van der Waals surface area contributed by atoms with Crippen LogP contribution in [0.25, 0.3) is 0 Å². The predicted molar refractivity (Wildman–Crippen MR) is 70.4 cm³/mol. The molecule has 0 spiro atoms. The minimum atomic E-state index is 0.0608. The summed E-state index contributed by atoms with van der Waals surface area (Å²) in [4.78, 5) is 16.0. The van der Waals surface area contributed by atoms with Crippen LogP contribution in [0.1, 0.15) is 32.4 Å². The molecule has 1 saturated heterocycles. The zero-order valence-electron chi connectivity index (χ0n) is 11.2. The Hall–Kier alpha value is -1.36. The molecule has 1 aromatic heterocycles. The summed E-state index contributed by atoms with van der Waals surface area (Å²) < 4.78 is 1.97. The predicted octanol–water partition coefficient (Wildman–Crippen LogP) is 0.660. The highest BCUT2D eigenvalue weighted by atomic mass is 16.1. The number of rotatable bonds is 5. The van der Waals surface area contributed by atoms with Crippen LogP contribution in [0.2, 0.25) is 0 Å². The van der Waals surface area contributed by atoms with Gasteiger partial charge in [0.15, 0.2) is 0 Å². The molecule has 0 aromatic carbocycles. The number of imidazole rings is 1. The smallest absolute Gasteiger partial charge is 0.239 e. The second-order valence-electron chi connectivity index (χ2n) is 5.24. The molecule has 1 atom stereocenters. The Morgan fingerprint density at radius 2 is 2.50 bits per heavy atom. The Bertz CT molecular complexity index is 407. The van der Waals surface area contributed by atoms with Crippen molar-refractivity contribution in [2.75, 3.05) is 19.6 Å². The topological polar surface area (TPSA) is 59.0 Å². The van der Waals surface area contributed by atoms with Gasteiger partial charge >= 0.3 is 0 Å². The summed E-state index contributed by atoms with van der Waals surface area (Å²) in [7, 11) is 0. The maximum absolute atomic E-state index is 11.8. The third-order valence-electron chi connectivity index (χ3n) is 3.59. The van der Waals surface area contributed by atoms with Gasteiger partial charge in [-0.25, -0.2) is 4.98 Å². The maximum Gasteiger partial charge on any atom is 0.239 e. The highest BCUT2D eigenvalue weighted by Gasteiger charge is 2.33. The Labute approximate surface area is 108 Å².